The normalized spacial score (nSPS) is 10.9. The van der Waals surface area contributed by atoms with Gasteiger partial charge in [0.1, 0.15) is 5.69 Å². The molecule has 5 nitrogen and oxygen atoms in total. The SMILES string of the molecule is Cn1cccc1-c1ccc(-c2n[nH]nc2N)s1. The molecule has 0 aliphatic heterocycles. The van der Waals surface area contributed by atoms with Crippen LogP contribution in [0.4, 0.5) is 5.82 Å². The maximum Gasteiger partial charge on any atom is 0.174 e. The maximum atomic E-state index is 5.73. The van der Waals surface area contributed by atoms with Crippen LogP contribution in [0.2, 0.25) is 0 Å². The third-order valence-electron chi connectivity index (χ3n) is 2.61. The highest BCUT2D eigenvalue weighted by atomic mass is 32.1. The van der Waals surface area contributed by atoms with E-state index in [1.165, 1.54) is 10.6 Å². The van der Waals surface area contributed by atoms with Crippen LogP contribution in [-0.2, 0) is 7.05 Å². The molecule has 0 saturated heterocycles. The third kappa shape index (κ3) is 1.62. The van der Waals surface area contributed by atoms with Gasteiger partial charge in [0.15, 0.2) is 5.82 Å². The van der Waals surface area contributed by atoms with E-state index in [1.807, 2.05) is 25.4 Å². The Balaban J connectivity index is 2.05. The second-order valence-corrected chi connectivity index (χ2v) is 4.81. The number of aryl methyl sites for hydroxylation is 1. The van der Waals surface area contributed by atoms with Gasteiger partial charge < -0.3 is 10.3 Å². The molecule has 0 saturated carbocycles. The van der Waals surface area contributed by atoms with Crippen LogP contribution >= 0.6 is 11.3 Å². The van der Waals surface area contributed by atoms with Gasteiger partial charge in [-0.3, -0.25) is 0 Å². The highest BCUT2D eigenvalue weighted by Gasteiger charge is 2.11. The molecule has 3 heterocycles. The van der Waals surface area contributed by atoms with Crippen LogP contribution in [0.15, 0.2) is 30.5 Å². The number of nitrogens with zero attached hydrogens (tertiary/aromatic N) is 3. The first-order valence-electron chi connectivity index (χ1n) is 5.14. The zero-order valence-corrected chi connectivity index (χ0v) is 10.0. The number of rotatable bonds is 2. The van der Waals surface area contributed by atoms with Crippen LogP contribution in [-0.4, -0.2) is 20.0 Å². The average molecular weight is 245 g/mol. The Morgan fingerprint density at radius 3 is 2.71 bits per heavy atom. The third-order valence-corrected chi connectivity index (χ3v) is 3.72. The van der Waals surface area contributed by atoms with E-state index < -0.39 is 0 Å². The van der Waals surface area contributed by atoms with Crippen molar-refractivity contribution in [2.45, 2.75) is 0 Å². The van der Waals surface area contributed by atoms with Crippen molar-refractivity contribution in [2.24, 2.45) is 7.05 Å². The lowest BCUT2D eigenvalue weighted by Crippen LogP contribution is -1.86. The van der Waals surface area contributed by atoms with E-state index >= 15 is 0 Å². The van der Waals surface area contributed by atoms with Crippen molar-refractivity contribution < 1.29 is 0 Å². The highest BCUT2D eigenvalue weighted by Crippen LogP contribution is 2.34. The number of anilines is 1. The lowest BCUT2D eigenvalue weighted by atomic mass is 10.3. The number of hydrogen-bond donors (Lipinski definition) is 2. The van der Waals surface area contributed by atoms with Gasteiger partial charge in [-0.25, -0.2) is 0 Å². The fourth-order valence-corrected chi connectivity index (χ4v) is 2.81. The summed E-state index contributed by atoms with van der Waals surface area (Å²) in [5.41, 5.74) is 7.63. The fourth-order valence-electron chi connectivity index (χ4n) is 1.74. The van der Waals surface area contributed by atoms with E-state index in [0.29, 0.717) is 5.82 Å². The molecule has 86 valence electrons. The van der Waals surface area contributed by atoms with Crippen molar-refractivity contribution >= 4 is 17.2 Å². The number of aromatic amines is 1. The summed E-state index contributed by atoms with van der Waals surface area (Å²) in [6, 6.07) is 8.20. The minimum absolute atomic E-state index is 0.435. The van der Waals surface area contributed by atoms with E-state index in [-0.39, 0.29) is 0 Å². The topological polar surface area (TPSA) is 72.5 Å². The van der Waals surface area contributed by atoms with Crippen LogP contribution < -0.4 is 5.73 Å². The molecule has 0 fully saturated rings. The molecule has 3 aromatic rings. The van der Waals surface area contributed by atoms with E-state index in [1.54, 1.807) is 11.3 Å². The van der Waals surface area contributed by atoms with Crippen LogP contribution in [0.25, 0.3) is 21.1 Å². The van der Waals surface area contributed by atoms with Crippen molar-refractivity contribution in [2.75, 3.05) is 5.73 Å². The number of nitrogens with one attached hydrogen (secondary N) is 1. The number of nitrogen functional groups attached to an aromatic ring is 1. The van der Waals surface area contributed by atoms with Gasteiger partial charge in [0.25, 0.3) is 0 Å². The first-order valence-corrected chi connectivity index (χ1v) is 5.95. The Hall–Kier alpha value is -2.08. The van der Waals surface area contributed by atoms with Crippen molar-refractivity contribution in [1.82, 2.24) is 20.0 Å². The van der Waals surface area contributed by atoms with Gasteiger partial charge in [-0.2, -0.15) is 10.3 Å². The Kier molecular flexibility index (Phi) is 2.22. The standard InChI is InChI=1S/C11H11N5S/c1-16-6-2-3-7(16)8-4-5-9(17-8)10-11(12)14-15-13-10/h2-6H,1H3,(H3,12,13,14,15). The first kappa shape index (κ1) is 10.1. The molecular formula is C11H11N5S. The number of nitrogens with two attached hydrogens (primary N) is 1. The molecule has 0 amide bonds. The molecule has 17 heavy (non-hydrogen) atoms. The van der Waals surface area contributed by atoms with Crippen molar-refractivity contribution in [3.8, 4) is 21.1 Å². The zero-order chi connectivity index (χ0) is 11.8. The quantitative estimate of drug-likeness (QED) is 0.726. The number of hydrogen-bond acceptors (Lipinski definition) is 4. The lowest BCUT2D eigenvalue weighted by molar-refractivity contribution is 0.940. The summed E-state index contributed by atoms with van der Waals surface area (Å²) in [6.07, 6.45) is 2.03. The molecule has 0 atom stereocenters. The second kappa shape index (κ2) is 3.74. The van der Waals surface area contributed by atoms with Gasteiger partial charge in [-0.1, -0.05) is 0 Å². The summed E-state index contributed by atoms with van der Waals surface area (Å²) >= 11 is 1.65. The van der Waals surface area contributed by atoms with Gasteiger partial charge >= 0.3 is 0 Å². The van der Waals surface area contributed by atoms with Gasteiger partial charge in [0, 0.05) is 13.2 Å². The summed E-state index contributed by atoms with van der Waals surface area (Å²) in [4.78, 5) is 2.21. The molecule has 6 heteroatoms. The predicted molar refractivity (Wildman–Crippen MR) is 68.5 cm³/mol. The maximum absolute atomic E-state index is 5.73. The van der Waals surface area contributed by atoms with Crippen LogP contribution in [0, 0.1) is 0 Å². The second-order valence-electron chi connectivity index (χ2n) is 3.73. The van der Waals surface area contributed by atoms with Gasteiger partial charge in [-0.05, 0) is 24.3 Å². The minimum atomic E-state index is 0.435. The van der Waals surface area contributed by atoms with Crippen LogP contribution in [0.3, 0.4) is 0 Å². The van der Waals surface area contributed by atoms with E-state index in [9.17, 15) is 0 Å². The summed E-state index contributed by atoms with van der Waals surface area (Å²) in [5.74, 6) is 0.435. The molecule has 0 bridgehead atoms. The molecule has 3 aromatic heterocycles. The zero-order valence-electron chi connectivity index (χ0n) is 9.21. The van der Waals surface area contributed by atoms with Gasteiger partial charge in [0.2, 0.25) is 0 Å². The van der Waals surface area contributed by atoms with Crippen molar-refractivity contribution in [3.63, 3.8) is 0 Å². The Labute approximate surface area is 102 Å². The summed E-state index contributed by atoms with van der Waals surface area (Å²) in [7, 11) is 2.03. The van der Waals surface area contributed by atoms with E-state index in [2.05, 4.69) is 32.1 Å². The van der Waals surface area contributed by atoms with Gasteiger partial charge in [-0.15, -0.1) is 16.4 Å². The molecule has 3 N–H and O–H groups in total. The van der Waals surface area contributed by atoms with E-state index in [0.717, 1.165) is 10.6 Å². The first-order chi connectivity index (χ1) is 8.25. The Morgan fingerprint density at radius 2 is 2.06 bits per heavy atom. The molecule has 0 aliphatic carbocycles. The molecular weight excluding hydrogens is 234 g/mol. The summed E-state index contributed by atoms with van der Waals surface area (Å²) in [6.45, 7) is 0. The molecule has 0 radical (unpaired) electrons. The lowest BCUT2D eigenvalue weighted by Gasteiger charge is -1.98. The van der Waals surface area contributed by atoms with Crippen molar-refractivity contribution in [3.05, 3.63) is 30.5 Å². The predicted octanol–water partition coefficient (Wildman–Crippen LogP) is 2.12. The molecule has 0 unspecified atom stereocenters. The number of H-pyrrole nitrogens is 1. The van der Waals surface area contributed by atoms with E-state index in [4.69, 9.17) is 5.73 Å². The monoisotopic (exact) mass is 245 g/mol. The molecule has 3 rings (SSSR count). The van der Waals surface area contributed by atoms with Crippen LogP contribution in [0.5, 0.6) is 0 Å². The number of thiophene rings is 1. The smallest absolute Gasteiger partial charge is 0.174 e. The molecule has 0 spiro atoms. The largest absolute Gasteiger partial charge is 0.380 e. The summed E-state index contributed by atoms with van der Waals surface area (Å²) < 4.78 is 2.09. The molecule has 0 aliphatic rings. The Bertz CT molecular complexity index is 593. The number of aromatic nitrogens is 4. The molecule has 0 aromatic carbocycles. The minimum Gasteiger partial charge on any atom is -0.380 e. The van der Waals surface area contributed by atoms with Crippen LogP contribution in [0.1, 0.15) is 0 Å². The summed E-state index contributed by atoms with van der Waals surface area (Å²) in [5, 5.41) is 10.4. The van der Waals surface area contributed by atoms with Gasteiger partial charge in [0.05, 0.1) is 15.4 Å². The fraction of sp³-hybridized carbons (Fsp3) is 0.0909. The average Bonchev–Trinajstić information content (AvgIpc) is 2.97. The highest BCUT2D eigenvalue weighted by molar-refractivity contribution is 7.18. The van der Waals surface area contributed by atoms with Crippen molar-refractivity contribution in [1.29, 1.82) is 0 Å². The Morgan fingerprint density at radius 1 is 1.24 bits per heavy atom.